The first-order valence-electron chi connectivity index (χ1n) is 5.98. The molecule has 0 saturated heterocycles. The van der Waals surface area contributed by atoms with Crippen LogP contribution in [-0.2, 0) is 4.74 Å². The smallest absolute Gasteiger partial charge is 0.150 e. The molecule has 1 rings (SSSR count). The molecule has 0 fully saturated rings. The van der Waals surface area contributed by atoms with E-state index in [0.29, 0.717) is 15.9 Å². The number of unbranched alkanes of at least 4 members (excludes halogenated alkanes) is 1. The van der Waals surface area contributed by atoms with Crippen LogP contribution in [0, 0.1) is 0 Å². The number of rotatable bonds is 8. The number of aromatic nitrogens is 1. The third-order valence-electron chi connectivity index (χ3n) is 2.29. The number of hydrogen-bond acceptors (Lipinski definition) is 3. The molecule has 18 heavy (non-hydrogen) atoms. The quantitative estimate of drug-likeness (QED) is 0.560. The van der Waals surface area contributed by atoms with E-state index in [-0.39, 0.29) is 5.15 Å². The predicted octanol–water partition coefficient (Wildman–Crippen LogP) is 4.66. The van der Waals surface area contributed by atoms with Crippen molar-refractivity contribution in [1.82, 2.24) is 4.98 Å². The van der Waals surface area contributed by atoms with Crippen LogP contribution in [-0.4, -0.2) is 24.7 Å². The summed E-state index contributed by atoms with van der Waals surface area (Å²) >= 11 is 17.6. The van der Waals surface area contributed by atoms with Crippen molar-refractivity contribution in [3.8, 4) is 0 Å². The fourth-order valence-corrected chi connectivity index (χ4v) is 1.86. The summed E-state index contributed by atoms with van der Waals surface area (Å²) in [7, 11) is 0. The molecule has 102 valence electrons. The summed E-state index contributed by atoms with van der Waals surface area (Å²) in [6.07, 6.45) is 3.15. The van der Waals surface area contributed by atoms with Crippen molar-refractivity contribution in [1.29, 1.82) is 0 Å². The molecule has 0 unspecified atom stereocenters. The molecule has 0 radical (unpaired) electrons. The first-order valence-corrected chi connectivity index (χ1v) is 7.11. The van der Waals surface area contributed by atoms with E-state index in [1.165, 1.54) is 0 Å². The predicted molar refractivity (Wildman–Crippen MR) is 78.1 cm³/mol. The largest absolute Gasteiger partial charge is 0.381 e. The minimum atomic E-state index is 0.253. The summed E-state index contributed by atoms with van der Waals surface area (Å²) in [6, 6.07) is 1.58. The topological polar surface area (TPSA) is 34.1 Å². The van der Waals surface area contributed by atoms with E-state index in [4.69, 9.17) is 39.5 Å². The minimum Gasteiger partial charge on any atom is -0.381 e. The Labute approximate surface area is 123 Å². The molecule has 6 heteroatoms. The lowest BCUT2D eigenvalue weighted by molar-refractivity contribution is 0.131. The SMILES string of the molecule is CCCCOCCCNc1nc(Cl)c(Cl)cc1Cl. The van der Waals surface area contributed by atoms with Gasteiger partial charge in [-0.2, -0.15) is 0 Å². The van der Waals surface area contributed by atoms with Crippen LogP contribution in [0.3, 0.4) is 0 Å². The molecule has 0 bridgehead atoms. The number of hydrogen-bond donors (Lipinski definition) is 1. The van der Waals surface area contributed by atoms with Gasteiger partial charge in [-0.15, -0.1) is 0 Å². The third-order valence-corrected chi connectivity index (χ3v) is 3.25. The third kappa shape index (κ3) is 5.61. The Morgan fingerprint density at radius 3 is 2.61 bits per heavy atom. The van der Waals surface area contributed by atoms with Gasteiger partial charge in [-0.05, 0) is 18.9 Å². The zero-order chi connectivity index (χ0) is 13.4. The van der Waals surface area contributed by atoms with Crippen LogP contribution < -0.4 is 5.32 Å². The maximum atomic E-state index is 5.98. The van der Waals surface area contributed by atoms with Crippen molar-refractivity contribution in [2.75, 3.05) is 25.1 Å². The molecular formula is C12H17Cl3N2O. The molecular weight excluding hydrogens is 295 g/mol. The summed E-state index contributed by atoms with van der Waals surface area (Å²) in [6.45, 7) is 4.42. The van der Waals surface area contributed by atoms with Gasteiger partial charge in [0.15, 0.2) is 0 Å². The Hall–Kier alpha value is -0.220. The van der Waals surface area contributed by atoms with E-state index in [1.807, 2.05) is 0 Å². The summed E-state index contributed by atoms with van der Waals surface area (Å²) in [5.74, 6) is 0.555. The van der Waals surface area contributed by atoms with Crippen molar-refractivity contribution in [3.05, 3.63) is 21.3 Å². The van der Waals surface area contributed by atoms with Gasteiger partial charge in [0.1, 0.15) is 11.0 Å². The van der Waals surface area contributed by atoms with Gasteiger partial charge in [0.05, 0.1) is 10.0 Å². The van der Waals surface area contributed by atoms with E-state index in [0.717, 1.165) is 39.0 Å². The number of pyridine rings is 1. The molecule has 0 saturated carbocycles. The zero-order valence-corrected chi connectivity index (χ0v) is 12.6. The average molecular weight is 312 g/mol. The molecule has 3 nitrogen and oxygen atoms in total. The van der Waals surface area contributed by atoms with E-state index in [2.05, 4.69) is 17.2 Å². The fourth-order valence-electron chi connectivity index (χ4n) is 1.30. The lowest BCUT2D eigenvalue weighted by atomic mass is 10.3. The molecule has 0 aliphatic heterocycles. The number of anilines is 1. The van der Waals surface area contributed by atoms with Crippen molar-refractivity contribution in [3.63, 3.8) is 0 Å². The van der Waals surface area contributed by atoms with Crippen LogP contribution in [0.25, 0.3) is 0 Å². The molecule has 0 spiro atoms. The van der Waals surface area contributed by atoms with Crippen LogP contribution in [0.15, 0.2) is 6.07 Å². The highest BCUT2D eigenvalue weighted by molar-refractivity contribution is 6.42. The van der Waals surface area contributed by atoms with Gasteiger partial charge in [-0.25, -0.2) is 4.98 Å². The molecule has 0 aromatic carbocycles. The van der Waals surface area contributed by atoms with Crippen molar-refractivity contribution < 1.29 is 4.74 Å². The molecule has 0 atom stereocenters. The molecule has 1 aromatic heterocycles. The van der Waals surface area contributed by atoms with Gasteiger partial charge in [0, 0.05) is 19.8 Å². The normalized spacial score (nSPS) is 10.7. The highest BCUT2D eigenvalue weighted by Gasteiger charge is 2.06. The number of nitrogens with one attached hydrogen (secondary N) is 1. The average Bonchev–Trinajstić information content (AvgIpc) is 2.34. The Bertz CT molecular complexity index is 375. The Balaban J connectivity index is 2.25. The van der Waals surface area contributed by atoms with Crippen molar-refractivity contribution >= 4 is 40.6 Å². The molecule has 0 amide bonds. The van der Waals surface area contributed by atoms with Gasteiger partial charge in [0.2, 0.25) is 0 Å². The number of nitrogens with zero attached hydrogens (tertiary/aromatic N) is 1. The van der Waals surface area contributed by atoms with Crippen molar-refractivity contribution in [2.24, 2.45) is 0 Å². The minimum absolute atomic E-state index is 0.253. The number of halogens is 3. The van der Waals surface area contributed by atoms with Crippen LogP contribution in [0.4, 0.5) is 5.82 Å². The fraction of sp³-hybridized carbons (Fsp3) is 0.583. The summed E-state index contributed by atoms with van der Waals surface area (Å²) in [5.41, 5.74) is 0. The summed E-state index contributed by atoms with van der Waals surface area (Å²) in [5, 5.41) is 4.18. The van der Waals surface area contributed by atoms with Gasteiger partial charge in [-0.1, -0.05) is 48.1 Å². The summed E-state index contributed by atoms with van der Waals surface area (Å²) < 4.78 is 5.44. The van der Waals surface area contributed by atoms with Crippen LogP contribution in [0.5, 0.6) is 0 Å². The first kappa shape index (κ1) is 15.8. The monoisotopic (exact) mass is 310 g/mol. The van der Waals surface area contributed by atoms with Gasteiger partial charge in [-0.3, -0.25) is 0 Å². The second kappa shape index (κ2) is 8.81. The second-order valence-corrected chi connectivity index (χ2v) is 5.01. The Kier molecular flexibility index (Phi) is 7.75. The van der Waals surface area contributed by atoms with Crippen LogP contribution in [0.2, 0.25) is 15.2 Å². The highest BCUT2D eigenvalue weighted by atomic mass is 35.5. The maximum Gasteiger partial charge on any atom is 0.150 e. The van der Waals surface area contributed by atoms with Gasteiger partial charge in [0.25, 0.3) is 0 Å². The number of ether oxygens (including phenoxy) is 1. The second-order valence-electron chi connectivity index (χ2n) is 3.84. The Morgan fingerprint density at radius 1 is 1.17 bits per heavy atom. The zero-order valence-electron chi connectivity index (χ0n) is 10.3. The molecule has 1 N–H and O–H groups in total. The summed E-state index contributed by atoms with van der Waals surface area (Å²) in [4.78, 5) is 4.07. The molecule has 1 aromatic rings. The van der Waals surface area contributed by atoms with E-state index in [9.17, 15) is 0 Å². The highest BCUT2D eigenvalue weighted by Crippen LogP contribution is 2.28. The van der Waals surface area contributed by atoms with Crippen LogP contribution in [0.1, 0.15) is 26.2 Å². The maximum absolute atomic E-state index is 5.98. The molecule has 0 aliphatic carbocycles. The van der Waals surface area contributed by atoms with Crippen molar-refractivity contribution in [2.45, 2.75) is 26.2 Å². The van der Waals surface area contributed by atoms with E-state index in [1.54, 1.807) is 6.07 Å². The van der Waals surface area contributed by atoms with E-state index < -0.39 is 0 Å². The lowest BCUT2D eigenvalue weighted by Gasteiger charge is -2.08. The first-order chi connectivity index (χ1) is 8.65. The lowest BCUT2D eigenvalue weighted by Crippen LogP contribution is -2.08. The molecule has 1 heterocycles. The van der Waals surface area contributed by atoms with Crippen LogP contribution >= 0.6 is 34.8 Å². The van der Waals surface area contributed by atoms with E-state index >= 15 is 0 Å². The van der Waals surface area contributed by atoms with Gasteiger partial charge < -0.3 is 10.1 Å². The Morgan fingerprint density at radius 2 is 1.89 bits per heavy atom. The molecule has 0 aliphatic rings. The standard InChI is InChI=1S/C12H17Cl3N2O/c1-2-3-6-18-7-4-5-16-12-10(14)8-9(13)11(15)17-12/h8H,2-7H2,1H3,(H,16,17). The van der Waals surface area contributed by atoms with Gasteiger partial charge >= 0.3 is 0 Å².